The van der Waals surface area contributed by atoms with E-state index in [9.17, 15) is 0 Å². The number of hydrogen-bond acceptors (Lipinski definition) is 2. The van der Waals surface area contributed by atoms with Crippen LogP contribution in [0, 0.1) is 18.3 Å². The van der Waals surface area contributed by atoms with Gasteiger partial charge in [0.1, 0.15) is 0 Å². The zero-order chi connectivity index (χ0) is 10.8. The molecule has 0 amide bonds. The Morgan fingerprint density at radius 3 is 2.93 bits per heavy atom. The second kappa shape index (κ2) is 3.76. The molecule has 3 heteroatoms. The molecule has 2 rings (SSSR count). The number of nitrogens with zero attached hydrogens (tertiary/aromatic N) is 1. The van der Waals surface area contributed by atoms with Crippen LogP contribution in [0.1, 0.15) is 16.8 Å². The average Bonchev–Trinajstić information content (AvgIpc) is 2.55. The van der Waals surface area contributed by atoms with Crippen molar-refractivity contribution in [2.45, 2.75) is 13.3 Å². The summed E-state index contributed by atoms with van der Waals surface area (Å²) in [6, 6.07) is 7.84. The number of aryl methyl sites for hydroxylation is 1. The molecule has 3 nitrogen and oxygen atoms in total. The van der Waals surface area contributed by atoms with Crippen LogP contribution in [0.2, 0.25) is 0 Å². The molecule has 0 spiro atoms. The molecule has 0 atom stereocenters. The Balaban J connectivity index is 2.67. The summed E-state index contributed by atoms with van der Waals surface area (Å²) in [5.41, 5.74) is 9.71. The first-order valence-corrected chi connectivity index (χ1v) is 4.97. The maximum atomic E-state index is 8.84. The lowest BCUT2D eigenvalue weighted by atomic mass is 10.1. The largest absolute Gasteiger partial charge is 0.358 e. The molecule has 1 aromatic heterocycles. The van der Waals surface area contributed by atoms with E-state index >= 15 is 0 Å². The first-order chi connectivity index (χ1) is 7.26. The van der Waals surface area contributed by atoms with Crippen LogP contribution in [0.25, 0.3) is 10.9 Å². The minimum atomic E-state index is 0.630. The van der Waals surface area contributed by atoms with Crippen molar-refractivity contribution in [2.75, 3.05) is 6.54 Å². The van der Waals surface area contributed by atoms with Gasteiger partial charge in [0.25, 0.3) is 0 Å². The highest BCUT2D eigenvalue weighted by molar-refractivity contribution is 5.85. The molecule has 3 N–H and O–H groups in total. The molecule has 0 unspecified atom stereocenters. The molecule has 76 valence electrons. The summed E-state index contributed by atoms with van der Waals surface area (Å²) in [6.07, 6.45) is 0.848. The zero-order valence-corrected chi connectivity index (χ0v) is 8.67. The third-order valence-electron chi connectivity index (χ3n) is 2.64. The van der Waals surface area contributed by atoms with Gasteiger partial charge in [-0.2, -0.15) is 5.26 Å². The SMILES string of the molecule is Cc1[nH]c2ccc(C#N)cc2c1CCN. The standard InChI is InChI=1S/C12H13N3/c1-8-10(4-5-13)11-6-9(7-14)2-3-12(11)15-8/h2-3,6,15H,4-5,13H2,1H3. The summed E-state index contributed by atoms with van der Waals surface area (Å²) >= 11 is 0. The fraction of sp³-hybridized carbons (Fsp3) is 0.250. The Bertz CT molecular complexity index is 532. The number of nitrogens with one attached hydrogen (secondary N) is 1. The normalized spacial score (nSPS) is 10.5. The van der Waals surface area contributed by atoms with Gasteiger partial charge >= 0.3 is 0 Å². The van der Waals surface area contributed by atoms with Crippen LogP contribution in [-0.2, 0) is 6.42 Å². The summed E-state index contributed by atoms with van der Waals surface area (Å²) in [5.74, 6) is 0. The van der Waals surface area contributed by atoms with E-state index in [1.807, 2.05) is 25.1 Å². The van der Waals surface area contributed by atoms with Gasteiger partial charge in [0.15, 0.2) is 0 Å². The van der Waals surface area contributed by atoms with Crippen LogP contribution in [0.4, 0.5) is 0 Å². The van der Waals surface area contributed by atoms with Crippen molar-refractivity contribution in [3.63, 3.8) is 0 Å². The number of rotatable bonds is 2. The second-order valence-electron chi connectivity index (χ2n) is 3.64. The first-order valence-electron chi connectivity index (χ1n) is 4.97. The molecule has 2 aromatic rings. The molecule has 0 aliphatic heterocycles. The number of nitrogens with two attached hydrogens (primary N) is 1. The molecule has 0 saturated heterocycles. The minimum absolute atomic E-state index is 0.630. The Kier molecular flexibility index (Phi) is 2.44. The Hall–Kier alpha value is -1.79. The highest BCUT2D eigenvalue weighted by Crippen LogP contribution is 2.23. The molecule has 0 radical (unpaired) electrons. The Morgan fingerprint density at radius 2 is 2.27 bits per heavy atom. The van der Waals surface area contributed by atoms with Crippen molar-refractivity contribution >= 4 is 10.9 Å². The molecule has 0 fully saturated rings. The van der Waals surface area contributed by atoms with Gasteiger partial charge in [-0.15, -0.1) is 0 Å². The highest BCUT2D eigenvalue weighted by atomic mass is 14.7. The van der Waals surface area contributed by atoms with E-state index in [1.165, 1.54) is 5.56 Å². The number of benzene rings is 1. The van der Waals surface area contributed by atoms with Crippen molar-refractivity contribution < 1.29 is 0 Å². The van der Waals surface area contributed by atoms with Crippen molar-refractivity contribution in [1.29, 1.82) is 5.26 Å². The molecular formula is C12H13N3. The van der Waals surface area contributed by atoms with Crippen LogP contribution in [0.3, 0.4) is 0 Å². The van der Waals surface area contributed by atoms with Gasteiger partial charge in [-0.05, 0) is 43.7 Å². The van der Waals surface area contributed by atoms with Crippen LogP contribution in [-0.4, -0.2) is 11.5 Å². The fourth-order valence-electron chi connectivity index (χ4n) is 1.92. The molecule has 0 aliphatic carbocycles. The number of fused-ring (bicyclic) bond motifs is 1. The van der Waals surface area contributed by atoms with Crippen molar-refractivity contribution in [2.24, 2.45) is 5.73 Å². The highest BCUT2D eigenvalue weighted by Gasteiger charge is 2.07. The maximum Gasteiger partial charge on any atom is 0.0991 e. The molecular weight excluding hydrogens is 186 g/mol. The van der Waals surface area contributed by atoms with E-state index in [4.69, 9.17) is 11.0 Å². The lowest BCUT2D eigenvalue weighted by molar-refractivity contribution is 0.963. The van der Waals surface area contributed by atoms with Crippen LogP contribution >= 0.6 is 0 Å². The lowest BCUT2D eigenvalue weighted by Gasteiger charge is -1.98. The zero-order valence-electron chi connectivity index (χ0n) is 8.67. The predicted octanol–water partition coefficient (Wildman–Crippen LogP) is 1.85. The summed E-state index contributed by atoms with van der Waals surface area (Å²) < 4.78 is 0. The van der Waals surface area contributed by atoms with E-state index in [2.05, 4.69) is 11.1 Å². The monoisotopic (exact) mass is 199 g/mol. The number of aromatic amines is 1. The van der Waals surface area contributed by atoms with E-state index in [0.29, 0.717) is 12.1 Å². The summed E-state index contributed by atoms with van der Waals surface area (Å²) in [7, 11) is 0. The molecule has 0 aliphatic rings. The average molecular weight is 199 g/mol. The molecule has 1 heterocycles. The van der Waals surface area contributed by atoms with Gasteiger partial charge in [-0.25, -0.2) is 0 Å². The van der Waals surface area contributed by atoms with Gasteiger partial charge in [0, 0.05) is 16.6 Å². The van der Waals surface area contributed by atoms with Gasteiger partial charge < -0.3 is 10.7 Å². The van der Waals surface area contributed by atoms with Gasteiger partial charge in [-0.3, -0.25) is 0 Å². The number of H-pyrrole nitrogens is 1. The second-order valence-corrected chi connectivity index (χ2v) is 3.64. The molecule has 0 saturated carbocycles. The summed E-state index contributed by atoms with van der Waals surface area (Å²) in [4.78, 5) is 3.30. The lowest BCUT2D eigenvalue weighted by Crippen LogP contribution is -2.03. The minimum Gasteiger partial charge on any atom is -0.358 e. The van der Waals surface area contributed by atoms with Gasteiger partial charge in [-0.1, -0.05) is 0 Å². The van der Waals surface area contributed by atoms with Gasteiger partial charge in [0.2, 0.25) is 0 Å². The van der Waals surface area contributed by atoms with Gasteiger partial charge in [0.05, 0.1) is 11.6 Å². The van der Waals surface area contributed by atoms with Crippen molar-refractivity contribution in [3.05, 3.63) is 35.0 Å². The molecule has 1 aromatic carbocycles. The quantitative estimate of drug-likeness (QED) is 0.775. The smallest absolute Gasteiger partial charge is 0.0991 e. The van der Waals surface area contributed by atoms with E-state index in [-0.39, 0.29) is 0 Å². The topological polar surface area (TPSA) is 65.6 Å². The summed E-state index contributed by atoms with van der Waals surface area (Å²) in [6.45, 7) is 2.67. The van der Waals surface area contributed by atoms with Crippen molar-refractivity contribution in [3.8, 4) is 6.07 Å². The fourth-order valence-corrected chi connectivity index (χ4v) is 1.92. The number of hydrogen-bond donors (Lipinski definition) is 2. The van der Waals surface area contributed by atoms with E-state index in [1.54, 1.807) is 0 Å². The number of nitriles is 1. The predicted molar refractivity (Wildman–Crippen MR) is 60.5 cm³/mol. The molecule has 0 bridgehead atoms. The van der Waals surface area contributed by atoms with Crippen molar-refractivity contribution in [1.82, 2.24) is 4.98 Å². The first kappa shape index (κ1) is 9.75. The number of aromatic nitrogens is 1. The molecule has 15 heavy (non-hydrogen) atoms. The Morgan fingerprint density at radius 1 is 1.47 bits per heavy atom. The Labute approximate surface area is 88.5 Å². The van der Waals surface area contributed by atoms with Crippen LogP contribution < -0.4 is 5.73 Å². The van der Waals surface area contributed by atoms with E-state index in [0.717, 1.165) is 23.0 Å². The van der Waals surface area contributed by atoms with Crippen LogP contribution in [0.5, 0.6) is 0 Å². The maximum absolute atomic E-state index is 8.84. The third kappa shape index (κ3) is 1.60. The van der Waals surface area contributed by atoms with E-state index < -0.39 is 0 Å². The summed E-state index contributed by atoms with van der Waals surface area (Å²) in [5, 5.41) is 9.96. The third-order valence-corrected chi connectivity index (χ3v) is 2.64. The van der Waals surface area contributed by atoms with Crippen LogP contribution in [0.15, 0.2) is 18.2 Å².